The van der Waals surface area contributed by atoms with Crippen LogP contribution in [-0.2, 0) is 14.3 Å². The fraction of sp³-hybridized carbons (Fsp3) is 0.600. The Morgan fingerprint density at radius 2 is 1.81 bits per heavy atom. The molecule has 1 aliphatic heterocycles. The molecule has 26 heavy (non-hydrogen) atoms. The second-order valence-corrected chi connectivity index (χ2v) is 6.79. The average Bonchev–Trinajstić information content (AvgIpc) is 2.68. The van der Waals surface area contributed by atoms with Gasteiger partial charge in [0, 0.05) is 33.3 Å². The van der Waals surface area contributed by atoms with Crippen LogP contribution in [0.15, 0.2) is 30.3 Å². The van der Waals surface area contributed by atoms with E-state index in [0.717, 1.165) is 18.4 Å². The van der Waals surface area contributed by atoms with Crippen LogP contribution in [0, 0.1) is 0 Å². The van der Waals surface area contributed by atoms with Gasteiger partial charge >= 0.3 is 0 Å². The highest BCUT2D eigenvalue weighted by molar-refractivity contribution is 5.82. The zero-order valence-electron chi connectivity index (χ0n) is 16.1. The van der Waals surface area contributed by atoms with E-state index in [1.165, 1.54) is 7.11 Å². The van der Waals surface area contributed by atoms with E-state index in [2.05, 4.69) is 29.3 Å². The van der Waals surface area contributed by atoms with Crippen molar-refractivity contribution in [1.82, 2.24) is 15.1 Å². The van der Waals surface area contributed by atoms with Crippen LogP contribution >= 0.6 is 0 Å². The summed E-state index contributed by atoms with van der Waals surface area (Å²) in [7, 11) is 1.53. The number of nitrogens with one attached hydrogen (secondary N) is 1. The Morgan fingerprint density at radius 3 is 2.38 bits per heavy atom. The van der Waals surface area contributed by atoms with Crippen LogP contribution in [0.1, 0.15) is 38.3 Å². The van der Waals surface area contributed by atoms with Gasteiger partial charge in [-0.05, 0) is 18.9 Å². The lowest BCUT2D eigenvalue weighted by atomic mass is 10.0. The smallest absolute Gasteiger partial charge is 0.248 e. The van der Waals surface area contributed by atoms with Crippen molar-refractivity contribution in [3.8, 4) is 0 Å². The largest absolute Gasteiger partial charge is 0.375 e. The van der Waals surface area contributed by atoms with Gasteiger partial charge in [-0.25, -0.2) is 0 Å². The molecule has 1 heterocycles. The number of amides is 2. The molecule has 2 unspecified atom stereocenters. The summed E-state index contributed by atoms with van der Waals surface area (Å²) < 4.78 is 4.91. The molecule has 1 N–H and O–H groups in total. The minimum Gasteiger partial charge on any atom is -0.375 e. The Bertz CT molecular complexity index is 571. The predicted octanol–water partition coefficient (Wildman–Crippen LogP) is 1.82. The maximum Gasteiger partial charge on any atom is 0.248 e. The number of ether oxygens (including phenoxy) is 1. The Kier molecular flexibility index (Phi) is 8.06. The molecule has 144 valence electrons. The number of hydrogen-bond acceptors (Lipinski definition) is 4. The van der Waals surface area contributed by atoms with E-state index in [1.807, 2.05) is 25.1 Å². The predicted molar refractivity (Wildman–Crippen MR) is 102 cm³/mol. The third kappa shape index (κ3) is 5.54. The van der Waals surface area contributed by atoms with Gasteiger partial charge in [0.2, 0.25) is 11.8 Å². The molecule has 2 atom stereocenters. The van der Waals surface area contributed by atoms with Gasteiger partial charge in [-0.2, -0.15) is 0 Å². The molecule has 0 bridgehead atoms. The molecule has 6 heteroatoms. The van der Waals surface area contributed by atoms with E-state index < -0.39 is 0 Å². The van der Waals surface area contributed by atoms with Crippen molar-refractivity contribution >= 4 is 11.8 Å². The van der Waals surface area contributed by atoms with Crippen LogP contribution in [0.25, 0.3) is 0 Å². The summed E-state index contributed by atoms with van der Waals surface area (Å²) in [5.74, 6) is 0.0558. The zero-order valence-corrected chi connectivity index (χ0v) is 16.1. The number of rotatable bonds is 8. The van der Waals surface area contributed by atoms with Crippen LogP contribution in [0.4, 0.5) is 0 Å². The number of piperazine rings is 1. The van der Waals surface area contributed by atoms with Gasteiger partial charge in [-0.15, -0.1) is 0 Å². The zero-order chi connectivity index (χ0) is 18.9. The van der Waals surface area contributed by atoms with Gasteiger partial charge in [-0.3, -0.25) is 14.5 Å². The molecular weight excluding hydrogens is 330 g/mol. The lowest BCUT2D eigenvalue weighted by Crippen LogP contribution is -2.55. The van der Waals surface area contributed by atoms with Gasteiger partial charge < -0.3 is 15.0 Å². The van der Waals surface area contributed by atoms with Crippen molar-refractivity contribution in [2.24, 2.45) is 0 Å². The summed E-state index contributed by atoms with van der Waals surface area (Å²) in [5.41, 5.74) is 1.14. The minimum absolute atomic E-state index is 0.0105. The molecule has 0 radical (unpaired) electrons. The molecule has 1 aliphatic rings. The van der Waals surface area contributed by atoms with E-state index in [9.17, 15) is 9.59 Å². The highest BCUT2D eigenvalue weighted by Crippen LogP contribution is 2.19. The van der Waals surface area contributed by atoms with Crippen LogP contribution in [0.5, 0.6) is 0 Å². The van der Waals surface area contributed by atoms with Gasteiger partial charge in [0.25, 0.3) is 0 Å². The first-order chi connectivity index (χ1) is 12.6. The van der Waals surface area contributed by atoms with Crippen molar-refractivity contribution in [3.63, 3.8) is 0 Å². The van der Waals surface area contributed by atoms with Crippen LogP contribution in [0.3, 0.4) is 0 Å². The van der Waals surface area contributed by atoms with E-state index in [4.69, 9.17) is 4.74 Å². The number of benzene rings is 1. The van der Waals surface area contributed by atoms with Gasteiger partial charge in [-0.1, -0.05) is 43.7 Å². The molecule has 0 spiro atoms. The Morgan fingerprint density at radius 1 is 1.15 bits per heavy atom. The lowest BCUT2D eigenvalue weighted by Gasteiger charge is -2.37. The van der Waals surface area contributed by atoms with Gasteiger partial charge in [0.15, 0.2) is 0 Å². The first-order valence-corrected chi connectivity index (χ1v) is 9.42. The fourth-order valence-electron chi connectivity index (χ4n) is 3.33. The van der Waals surface area contributed by atoms with E-state index in [-0.39, 0.29) is 30.5 Å². The number of carbonyl (C=O) groups excluding carboxylic acids is 2. The fourth-order valence-corrected chi connectivity index (χ4v) is 3.33. The highest BCUT2D eigenvalue weighted by Gasteiger charge is 2.28. The Balaban J connectivity index is 1.89. The number of nitrogens with zero attached hydrogens (tertiary/aromatic N) is 2. The first kappa shape index (κ1) is 20.4. The second kappa shape index (κ2) is 10.3. The second-order valence-electron chi connectivity index (χ2n) is 6.79. The van der Waals surface area contributed by atoms with Gasteiger partial charge in [0.05, 0.1) is 12.1 Å². The molecule has 2 rings (SSSR count). The Labute approximate surface area is 156 Å². The van der Waals surface area contributed by atoms with Crippen LogP contribution in [0.2, 0.25) is 0 Å². The quantitative estimate of drug-likeness (QED) is 0.767. The monoisotopic (exact) mass is 361 g/mol. The van der Waals surface area contributed by atoms with E-state index >= 15 is 0 Å². The average molecular weight is 361 g/mol. The van der Waals surface area contributed by atoms with Crippen molar-refractivity contribution in [2.75, 3.05) is 39.9 Å². The number of methoxy groups -OCH3 is 1. The van der Waals surface area contributed by atoms with Crippen LogP contribution < -0.4 is 5.32 Å². The highest BCUT2D eigenvalue weighted by atomic mass is 16.5. The standard InChI is InChI=1S/C20H31N3O3/c1-4-8-18(17-9-6-5-7-10-17)21-20(25)16(2)22-11-13-23(14-12-22)19(24)15-26-3/h5-7,9-10,16,18H,4,8,11-15H2,1-3H3,(H,21,25). The first-order valence-electron chi connectivity index (χ1n) is 9.42. The van der Waals surface area contributed by atoms with E-state index in [1.54, 1.807) is 4.90 Å². The molecule has 0 aromatic heterocycles. The molecule has 1 fully saturated rings. The van der Waals surface area contributed by atoms with Gasteiger partial charge in [0.1, 0.15) is 6.61 Å². The number of carbonyl (C=O) groups is 2. The summed E-state index contributed by atoms with van der Waals surface area (Å²) in [6.45, 7) is 6.86. The molecule has 0 saturated carbocycles. The van der Waals surface area contributed by atoms with Crippen molar-refractivity contribution < 1.29 is 14.3 Å². The minimum atomic E-state index is -0.210. The maximum atomic E-state index is 12.8. The maximum absolute atomic E-state index is 12.8. The Hall–Kier alpha value is -1.92. The third-order valence-corrected chi connectivity index (χ3v) is 4.96. The summed E-state index contributed by atoms with van der Waals surface area (Å²) >= 11 is 0. The number of hydrogen-bond donors (Lipinski definition) is 1. The molecular formula is C20H31N3O3. The molecule has 2 amide bonds. The molecule has 1 aromatic rings. The SMILES string of the molecule is CCCC(NC(=O)C(C)N1CCN(C(=O)COC)CC1)c1ccccc1. The molecule has 1 saturated heterocycles. The van der Waals surface area contributed by atoms with Crippen molar-refractivity contribution in [1.29, 1.82) is 0 Å². The topological polar surface area (TPSA) is 61.9 Å². The summed E-state index contributed by atoms with van der Waals surface area (Å²) in [6.07, 6.45) is 1.93. The lowest BCUT2D eigenvalue weighted by molar-refractivity contribution is -0.137. The normalized spacial score (nSPS) is 17.6. The summed E-state index contributed by atoms with van der Waals surface area (Å²) in [5, 5.41) is 3.20. The van der Waals surface area contributed by atoms with Crippen LogP contribution in [-0.4, -0.2) is 67.6 Å². The molecule has 1 aromatic carbocycles. The van der Waals surface area contributed by atoms with E-state index in [0.29, 0.717) is 26.2 Å². The van der Waals surface area contributed by atoms with Crippen molar-refractivity contribution in [2.45, 2.75) is 38.8 Å². The molecule has 0 aliphatic carbocycles. The summed E-state index contributed by atoms with van der Waals surface area (Å²) in [4.78, 5) is 28.6. The molecule has 6 nitrogen and oxygen atoms in total. The third-order valence-electron chi connectivity index (χ3n) is 4.96. The van der Waals surface area contributed by atoms with Crippen molar-refractivity contribution in [3.05, 3.63) is 35.9 Å². The summed E-state index contributed by atoms with van der Waals surface area (Å²) in [6, 6.07) is 9.95.